The normalized spacial score (nSPS) is 10.3. The number of carboxylic acids is 1. The smallest absolute Gasteiger partial charge is 0.303 e. The zero-order valence-corrected chi connectivity index (χ0v) is 13.4. The van der Waals surface area contributed by atoms with Gasteiger partial charge in [-0.25, -0.2) is 0 Å². The minimum Gasteiger partial charge on any atom is -0.481 e. The summed E-state index contributed by atoms with van der Waals surface area (Å²) >= 11 is 7.51. The molecule has 0 aromatic heterocycles. The summed E-state index contributed by atoms with van der Waals surface area (Å²) in [6.45, 7) is 0.552. The van der Waals surface area contributed by atoms with Crippen LogP contribution < -0.4 is 5.32 Å². The first-order valence-corrected chi connectivity index (χ1v) is 8.31. The SMILES string of the molecule is O=C(O)CCCCNC(=O)CCCSc1ccc(Cl)cc1. The molecular formula is C15H20ClNO3S. The Morgan fingerprint density at radius 1 is 1.10 bits per heavy atom. The molecule has 0 radical (unpaired) electrons. The molecule has 2 N–H and O–H groups in total. The average molecular weight is 330 g/mol. The highest BCUT2D eigenvalue weighted by Crippen LogP contribution is 2.21. The van der Waals surface area contributed by atoms with Crippen LogP contribution in [0, 0.1) is 0 Å². The van der Waals surface area contributed by atoms with Crippen LogP contribution >= 0.6 is 23.4 Å². The maximum atomic E-state index is 11.5. The van der Waals surface area contributed by atoms with Crippen molar-refractivity contribution in [2.75, 3.05) is 12.3 Å². The maximum Gasteiger partial charge on any atom is 0.303 e. The Morgan fingerprint density at radius 3 is 2.48 bits per heavy atom. The molecule has 0 aliphatic heterocycles. The van der Waals surface area contributed by atoms with Crippen molar-refractivity contribution in [3.63, 3.8) is 0 Å². The predicted molar refractivity (Wildman–Crippen MR) is 85.9 cm³/mol. The summed E-state index contributed by atoms with van der Waals surface area (Å²) in [6, 6.07) is 7.65. The van der Waals surface area contributed by atoms with Gasteiger partial charge in [0.2, 0.25) is 5.91 Å². The molecule has 0 spiro atoms. The standard InChI is InChI=1S/C15H20ClNO3S/c16-12-6-8-13(9-7-12)21-11-3-4-14(18)17-10-2-1-5-15(19)20/h6-9H,1-5,10-11H2,(H,17,18)(H,19,20). The van der Waals surface area contributed by atoms with Gasteiger partial charge in [-0.05, 0) is 49.3 Å². The van der Waals surface area contributed by atoms with Gasteiger partial charge in [0.1, 0.15) is 0 Å². The molecule has 6 heteroatoms. The summed E-state index contributed by atoms with van der Waals surface area (Å²) in [5.41, 5.74) is 0. The van der Waals surface area contributed by atoms with E-state index in [-0.39, 0.29) is 12.3 Å². The Hall–Kier alpha value is -1.20. The summed E-state index contributed by atoms with van der Waals surface area (Å²) in [5.74, 6) is 0.122. The zero-order chi connectivity index (χ0) is 15.5. The molecule has 21 heavy (non-hydrogen) atoms. The van der Waals surface area contributed by atoms with E-state index in [1.165, 1.54) is 0 Å². The molecule has 1 aromatic rings. The summed E-state index contributed by atoms with van der Waals surface area (Å²) in [5, 5.41) is 12.0. The van der Waals surface area contributed by atoms with Gasteiger partial charge in [0.25, 0.3) is 0 Å². The van der Waals surface area contributed by atoms with Crippen LogP contribution in [-0.2, 0) is 9.59 Å². The van der Waals surface area contributed by atoms with Gasteiger partial charge in [0.15, 0.2) is 0 Å². The lowest BCUT2D eigenvalue weighted by Gasteiger charge is -2.05. The number of hydrogen-bond donors (Lipinski definition) is 2. The lowest BCUT2D eigenvalue weighted by molar-refractivity contribution is -0.137. The van der Waals surface area contributed by atoms with Crippen molar-refractivity contribution in [3.05, 3.63) is 29.3 Å². The van der Waals surface area contributed by atoms with Crippen LogP contribution in [0.25, 0.3) is 0 Å². The molecule has 0 saturated carbocycles. The second-order valence-electron chi connectivity index (χ2n) is 4.61. The third-order valence-corrected chi connectivity index (χ3v) is 4.12. The third-order valence-electron chi connectivity index (χ3n) is 2.77. The molecule has 0 fully saturated rings. The van der Waals surface area contributed by atoms with Gasteiger partial charge in [-0.15, -0.1) is 11.8 Å². The monoisotopic (exact) mass is 329 g/mol. The quantitative estimate of drug-likeness (QED) is 0.508. The number of carbonyl (C=O) groups is 2. The fraction of sp³-hybridized carbons (Fsp3) is 0.467. The number of benzene rings is 1. The van der Waals surface area contributed by atoms with Crippen LogP contribution in [0.5, 0.6) is 0 Å². The van der Waals surface area contributed by atoms with E-state index in [1.54, 1.807) is 11.8 Å². The zero-order valence-electron chi connectivity index (χ0n) is 11.8. The molecule has 1 aromatic carbocycles. The van der Waals surface area contributed by atoms with Crippen LogP contribution in [0.4, 0.5) is 0 Å². The van der Waals surface area contributed by atoms with Gasteiger partial charge in [-0.3, -0.25) is 9.59 Å². The number of carbonyl (C=O) groups excluding carboxylic acids is 1. The number of aliphatic carboxylic acids is 1. The minimum atomic E-state index is -0.791. The van der Waals surface area contributed by atoms with Crippen molar-refractivity contribution in [1.29, 1.82) is 0 Å². The van der Waals surface area contributed by atoms with E-state index in [0.717, 1.165) is 22.1 Å². The molecule has 116 valence electrons. The summed E-state index contributed by atoms with van der Waals surface area (Å²) in [6.07, 6.45) is 2.78. The maximum absolute atomic E-state index is 11.5. The second-order valence-corrected chi connectivity index (χ2v) is 6.21. The Balaban J connectivity index is 2.00. The fourth-order valence-corrected chi connectivity index (χ4v) is 2.65. The van der Waals surface area contributed by atoms with Gasteiger partial charge in [0.05, 0.1) is 0 Å². The number of halogens is 1. The number of hydrogen-bond acceptors (Lipinski definition) is 3. The highest BCUT2D eigenvalue weighted by atomic mass is 35.5. The second kappa shape index (κ2) is 10.5. The van der Waals surface area contributed by atoms with Gasteiger partial charge < -0.3 is 10.4 Å². The predicted octanol–water partition coefficient (Wildman–Crippen LogP) is 3.58. The van der Waals surface area contributed by atoms with Gasteiger partial charge in [0, 0.05) is 29.3 Å². The number of amides is 1. The Morgan fingerprint density at radius 2 is 1.81 bits per heavy atom. The molecule has 0 saturated heterocycles. The van der Waals surface area contributed by atoms with E-state index in [4.69, 9.17) is 16.7 Å². The molecule has 0 aliphatic rings. The Kier molecular flexibility index (Phi) is 8.94. The number of rotatable bonds is 10. The van der Waals surface area contributed by atoms with E-state index in [9.17, 15) is 9.59 Å². The van der Waals surface area contributed by atoms with Gasteiger partial charge >= 0.3 is 5.97 Å². The van der Waals surface area contributed by atoms with Gasteiger partial charge in [-0.1, -0.05) is 11.6 Å². The van der Waals surface area contributed by atoms with Crippen LogP contribution in [0.3, 0.4) is 0 Å². The van der Waals surface area contributed by atoms with Crippen molar-refractivity contribution < 1.29 is 14.7 Å². The molecule has 1 rings (SSSR count). The van der Waals surface area contributed by atoms with E-state index in [1.807, 2.05) is 24.3 Å². The van der Waals surface area contributed by atoms with Crippen molar-refractivity contribution in [3.8, 4) is 0 Å². The topological polar surface area (TPSA) is 66.4 Å². The van der Waals surface area contributed by atoms with E-state index in [0.29, 0.717) is 25.8 Å². The van der Waals surface area contributed by atoms with Gasteiger partial charge in [-0.2, -0.15) is 0 Å². The van der Waals surface area contributed by atoms with Crippen LogP contribution in [0.15, 0.2) is 29.2 Å². The molecule has 0 bridgehead atoms. The molecule has 0 aliphatic carbocycles. The van der Waals surface area contributed by atoms with Crippen molar-refractivity contribution in [2.24, 2.45) is 0 Å². The van der Waals surface area contributed by atoms with Crippen LogP contribution in [-0.4, -0.2) is 29.3 Å². The fourth-order valence-electron chi connectivity index (χ4n) is 1.67. The number of nitrogens with one attached hydrogen (secondary N) is 1. The number of unbranched alkanes of at least 4 members (excludes halogenated alkanes) is 1. The summed E-state index contributed by atoms with van der Waals surface area (Å²) in [4.78, 5) is 23.0. The minimum absolute atomic E-state index is 0.0297. The number of thioether (sulfide) groups is 1. The summed E-state index contributed by atoms with van der Waals surface area (Å²) in [7, 11) is 0. The molecule has 1 amide bonds. The first-order valence-electron chi connectivity index (χ1n) is 6.95. The van der Waals surface area contributed by atoms with Crippen molar-refractivity contribution in [1.82, 2.24) is 5.32 Å². The van der Waals surface area contributed by atoms with E-state index in [2.05, 4.69) is 5.32 Å². The van der Waals surface area contributed by atoms with Crippen molar-refractivity contribution in [2.45, 2.75) is 37.0 Å². The lowest BCUT2D eigenvalue weighted by atomic mass is 10.2. The first kappa shape index (κ1) is 17.9. The largest absolute Gasteiger partial charge is 0.481 e. The lowest BCUT2D eigenvalue weighted by Crippen LogP contribution is -2.24. The highest BCUT2D eigenvalue weighted by Gasteiger charge is 2.02. The first-order chi connectivity index (χ1) is 10.1. The molecule has 0 heterocycles. The Labute approximate surface area is 134 Å². The van der Waals surface area contributed by atoms with Crippen LogP contribution in [0.2, 0.25) is 5.02 Å². The molecule has 0 unspecified atom stereocenters. The number of carboxylic acid groups (broad SMARTS) is 1. The molecule has 4 nitrogen and oxygen atoms in total. The van der Waals surface area contributed by atoms with Crippen LogP contribution in [0.1, 0.15) is 32.1 Å². The van der Waals surface area contributed by atoms with E-state index >= 15 is 0 Å². The Bertz CT molecular complexity index is 451. The third kappa shape index (κ3) is 9.37. The van der Waals surface area contributed by atoms with Crippen molar-refractivity contribution >= 4 is 35.2 Å². The summed E-state index contributed by atoms with van der Waals surface area (Å²) < 4.78 is 0. The highest BCUT2D eigenvalue weighted by molar-refractivity contribution is 7.99. The molecular weight excluding hydrogens is 310 g/mol. The average Bonchev–Trinajstić information content (AvgIpc) is 2.45. The van der Waals surface area contributed by atoms with E-state index < -0.39 is 5.97 Å². The molecule has 0 atom stereocenters.